The Balaban J connectivity index is 1.49. The second-order valence-electron chi connectivity index (χ2n) is 13.1. The highest BCUT2D eigenvalue weighted by Gasteiger charge is 2.70. The van der Waals surface area contributed by atoms with Crippen LogP contribution in [0.25, 0.3) is 0 Å². The molecule has 6 unspecified atom stereocenters. The molecule has 7 rings (SSSR count). The van der Waals surface area contributed by atoms with E-state index in [4.69, 9.17) is 33.7 Å². The lowest BCUT2D eigenvalue weighted by atomic mass is 9.49. The normalized spacial score (nSPS) is 27.4. The van der Waals surface area contributed by atoms with E-state index in [-0.39, 0.29) is 29.3 Å². The maximum atomic E-state index is 15.3. The van der Waals surface area contributed by atoms with Crippen LogP contribution in [-0.4, -0.2) is 51.8 Å². The molecule has 0 spiro atoms. The summed E-state index contributed by atoms with van der Waals surface area (Å²) >= 11 is 12.6. The van der Waals surface area contributed by atoms with Crippen molar-refractivity contribution >= 4 is 58.5 Å². The Morgan fingerprint density at radius 2 is 1.63 bits per heavy atom. The first-order valence-electron chi connectivity index (χ1n) is 15.7. The minimum atomic E-state index is -1.56. The number of aryl methyl sites for hydroxylation is 2. The topological polar surface area (TPSA) is 159 Å². The number of nitrogens with zero attached hydrogens (tertiary/aromatic N) is 2. The van der Waals surface area contributed by atoms with Crippen molar-refractivity contribution < 1.29 is 33.8 Å². The number of phenolic OH excluding ortho intramolecular Hbond substituents is 1. The third-order valence-electron chi connectivity index (χ3n) is 10.6. The molecule has 11 nitrogen and oxygen atoms in total. The molecule has 3 fully saturated rings. The third kappa shape index (κ3) is 4.66. The van der Waals surface area contributed by atoms with E-state index in [1.54, 1.807) is 62.4 Å². The van der Waals surface area contributed by atoms with E-state index in [9.17, 15) is 24.3 Å². The van der Waals surface area contributed by atoms with Crippen LogP contribution in [-0.2, 0) is 24.6 Å². The van der Waals surface area contributed by atoms with E-state index < -0.39 is 64.7 Å². The zero-order valence-electron chi connectivity index (χ0n) is 26.7. The number of fused-ring (bicyclic) bond motifs is 4. The fraction of sp³-hybridized carbons (Fsp3) is 0.306. The predicted octanol–water partition coefficient (Wildman–Crippen LogP) is 5.39. The number of carbonyl (C=O) groups excluding carboxylic acids is 5. The van der Waals surface area contributed by atoms with E-state index in [0.717, 1.165) is 5.01 Å². The summed E-state index contributed by atoms with van der Waals surface area (Å²) in [6, 6.07) is 14.0. The van der Waals surface area contributed by atoms with Gasteiger partial charge in [0.25, 0.3) is 11.8 Å². The standard InChI is InChI=1S/C36H32Cl2N4O7/c1-16-12-18(13-17(2)30(16)43)29-22-9-10-23-28(33(46)41(31(23)44)35(39)48)24(22)15-25-32(45)42(40-27-11-6-20(37)14-26(27)38)34(47)36(25,29)19-4-7-21(49-3)8-5-19/h4-9,11-14,23-25,28-29,40,43H,10,15H2,1-3H3,(H2,39,48). The van der Waals surface area contributed by atoms with Gasteiger partial charge in [0.1, 0.15) is 11.5 Å². The molecule has 3 aromatic carbocycles. The lowest BCUT2D eigenvalue weighted by molar-refractivity contribution is -0.139. The number of aromatic hydroxyl groups is 1. The zero-order valence-corrected chi connectivity index (χ0v) is 28.2. The molecule has 13 heteroatoms. The van der Waals surface area contributed by atoms with Crippen LogP contribution in [0.15, 0.2) is 66.2 Å². The Bertz CT molecular complexity index is 1990. The number of hydrogen-bond donors (Lipinski definition) is 3. The minimum absolute atomic E-state index is 0.0221. The van der Waals surface area contributed by atoms with Crippen LogP contribution in [0, 0.1) is 37.5 Å². The largest absolute Gasteiger partial charge is 0.507 e. The molecule has 4 aliphatic rings. The summed E-state index contributed by atoms with van der Waals surface area (Å²) in [5, 5.41) is 12.3. The fourth-order valence-electron chi connectivity index (χ4n) is 8.59. The van der Waals surface area contributed by atoms with Crippen LogP contribution < -0.4 is 15.9 Å². The van der Waals surface area contributed by atoms with Gasteiger partial charge in [0, 0.05) is 10.9 Å². The van der Waals surface area contributed by atoms with Crippen LogP contribution in [0.1, 0.15) is 41.0 Å². The first kappa shape index (κ1) is 32.7. The van der Waals surface area contributed by atoms with Gasteiger partial charge >= 0.3 is 6.03 Å². The highest BCUT2D eigenvalue weighted by Crippen LogP contribution is 2.64. The molecule has 49 heavy (non-hydrogen) atoms. The number of anilines is 1. The molecular formula is C36H32Cl2N4O7. The number of hydrazine groups is 1. The van der Waals surface area contributed by atoms with Gasteiger partial charge in [-0.25, -0.2) is 4.79 Å². The van der Waals surface area contributed by atoms with Crippen molar-refractivity contribution in [1.29, 1.82) is 0 Å². The predicted molar refractivity (Wildman–Crippen MR) is 180 cm³/mol. The number of rotatable bonds is 5. The van der Waals surface area contributed by atoms with Crippen molar-refractivity contribution in [2.75, 3.05) is 12.5 Å². The fourth-order valence-corrected chi connectivity index (χ4v) is 9.04. The summed E-state index contributed by atoms with van der Waals surface area (Å²) in [5.41, 5.74) is 10.1. The zero-order chi connectivity index (χ0) is 35.1. The van der Waals surface area contributed by atoms with E-state index >= 15 is 4.79 Å². The highest BCUT2D eigenvalue weighted by atomic mass is 35.5. The second kappa shape index (κ2) is 11.6. The lowest BCUT2D eigenvalue weighted by Crippen LogP contribution is -2.53. The molecule has 6 amide bonds. The lowest BCUT2D eigenvalue weighted by Gasteiger charge is -2.50. The number of nitrogens with two attached hydrogens (primary N) is 1. The molecule has 0 bridgehead atoms. The number of carbonyl (C=O) groups is 5. The molecule has 0 radical (unpaired) electrons. The third-order valence-corrected chi connectivity index (χ3v) is 11.2. The number of imide groups is 4. The number of halogens is 2. The van der Waals surface area contributed by atoms with E-state index in [1.807, 2.05) is 6.08 Å². The number of primary amides is 1. The summed E-state index contributed by atoms with van der Waals surface area (Å²) < 4.78 is 5.43. The molecule has 6 atom stereocenters. The van der Waals surface area contributed by atoms with Gasteiger partial charge in [0.2, 0.25) is 11.8 Å². The number of benzene rings is 3. The van der Waals surface area contributed by atoms with Gasteiger partial charge in [-0.3, -0.25) is 24.6 Å². The number of allylic oxidation sites excluding steroid dienone is 2. The Morgan fingerprint density at radius 3 is 2.24 bits per heavy atom. The van der Waals surface area contributed by atoms with Crippen LogP contribution in [0.3, 0.4) is 0 Å². The van der Waals surface area contributed by atoms with Crippen molar-refractivity contribution in [3.8, 4) is 11.5 Å². The molecule has 2 saturated heterocycles. The molecule has 2 aliphatic heterocycles. The minimum Gasteiger partial charge on any atom is -0.507 e. The maximum absolute atomic E-state index is 15.3. The Hall–Kier alpha value is -4.87. The molecule has 4 N–H and O–H groups in total. The quantitative estimate of drug-likeness (QED) is 0.236. The molecule has 252 valence electrons. The van der Waals surface area contributed by atoms with Crippen molar-refractivity contribution in [2.24, 2.45) is 29.4 Å². The summed E-state index contributed by atoms with van der Waals surface area (Å²) in [6.07, 6.45) is 2.02. The number of nitrogens with one attached hydrogen (secondary N) is 1. The summed E-state index contributed by atoms with van der Waals surface area (Å²) in [5.74, 6) is -6.26. The highest BCUT2D eigenvalue weighted by molar-refractivity contribution is 6.36. The number of urea groups is 1. The van der Waals surface area contributed by atoms with Gasteiger partial charge in [-0.1, -0.05) is 59.1 Å². The number of hydrogen-bond acceptors (Lipinski definition) is 8. The van der Waals surface area contributed by atoms with E-state index in [0.29, 0.717) is 43.5 Å². The maximum Gasteiger partial charge on any atom is 0.328 e. The summed E-state index contributed by atoms with van der Waals surface area (Å²) in [6.45, 7) is 3.49. The SMILES string of the molecule is COc1ccc(C23C(=O)N(Nc4ccc(Cl)cc4Cl)C(=O)C2CC2C(=CCC4C(=O)N(C(N)=O)C(=O)C42)C3c2cc(C)c(O)c(C)c2)cc1. The Labute approximate surface area is 291 Å². The van der Waals surface area contributed by atoms with Gasteiger partial charge < -0.3 is 15.6 Å². The average Bonchev–Trinajstić information content (AvgIpc) is 3.45. The van der Waals surface area contributed by atoms with Crippen molar-refractivity contribution in [1.82, 2.24) is 9.91 Å². The number of methoxy groups -OCH3 is 1. The van der Waals surface area contributed by atoms with Gasteiger partial charge in [0.15, 0.2) is 0 Å². The number of likely N-dealkylation sites (tertiary alicyclic amines) is 1. The average molecular weight is 704 g/mol. The van der Waals surface area contributed by atoms with E-state index in [2.05, 4.69) is 5.43 Å². The number of ether oxygens (including phenoxy) is 1. The Morgan fingerprint density at radius 1 is 0.959 bits per heavy atom. The monoisotopic (exact) mass is 702 g/mol. The summed E-state index contributed by atoms with van der Waals surface area (Å²) in [4.78, 5) is 69.9. The molecule has 1 saturated carbocycles. The van der Waals surface area contributed by atoms with Crippen molar-refractivity contribution in [3.63, 3.8) is 0 Å². The number of amides is 6. The van der Waals surface area contributed by atoms with Crippen LogP contribution in [0.2, 0.25) is 10.0 Å². The van der Waals surface area contributed by atoms with Gasteiger partial charge in [-0.05, 0) is 85.2 Å². The van der Waals surface area contributed by atoms with Gasteiger partial charge in [0.05, 0.1) is 41.0 Å². The van der Waals surface area contributed by atoms with Crippen LogP contribution >= 0.6 is 23.2 Å². The van der Waals surface area contributed by atoms with Gasteiger partial charge in [-0.2, -0.15) is 9.91 Å². The van der Waals surface area contributed by atoms with Crippen molar-refractivity contribution in [3.05, 3.63) is 98.5 Å². The molecule has 2 aliphatic carbocycles. The summed E-state index contributed by atoms with van der Waals surface area (Å²) in [7, 11) is 1.52. The smallest absolute Gasteiger partial charge is 0.328 e. The van der Waals surface area contributed by atoms with Crippen LogP contribution in [0.4, 0.5) is 10.5 Å². The molecule has 2 heterocycles. The van der Waals surface area contributed by atoms with Crippen LogP contribution in [0.5, 0.6) is 11.5 Å². The number of phenols is 1. The molecule has 0 aromatic heterocycles. The second-order valence-corrected chi connectivity index (χ2v) is 13.9. The van der Waals surface area contributed by atoms with Crippen molar-refractivity contribution in [2.45, 2.75) is 38.0 Å². The Kier molecular flexibility index (Phi) is 7.75. The first-order chi connectivity index (χ1) is 23.3. The first-order valence-corrected chi connectivity index (χ1v) is 16.5. The van der Waals surface area contributed by atoms with Gasteiger partial charge in [-0.15, -0.1) is 0 Å². The van der Waals surface area contributed by atoms with E-state index in [1.165, 1.54) is 13.2 Å². The molecular weight excluding hydrogens is 671 g/mol. The molecule has 3 aromatic rings.